The minimum Gasteiger partial charge on any atom is -0.351 e. The molecule has 2 nitrogen and oxygen atoms in total. The lowest BCUT2D eigenvalue weighted by molar-refractivity contribution is 0.0933. The molecular weight excluding hydrogens is 280 g/mol. The highest BCUT2D eigenvalue weighted by Gasteiger charge is 2.60. The number of rotatable bonds is 0. The van der Waals surface area contributed by atoms with Crippen molar-refractivity contribution in [3.05, 3.63) is 33.5 Å². The molecule has 2 aliphatic rings. The summed E-state index contributed by atoms with van der Waals surface area (Å²) >= 11 is 3.06. The third kappa shape index (κ3) is 1.12. The van der Waals surface area contributed by atoms with Crippen LogP contribution in [0.2, 0.25) is 0 Å². The second kappa shape index (κ2) is 3.03. The Morgan fingerprint density at radius 3 is 2.81 bits per heavy atom. The van der Waals surface area contributed by atoms with Gasteiger partial charge in [0.25, 0.3) is 5.91 Å². The molecule has 16 heavy (non-hydrogen) atoms. The molecule has 0 saturated heterocycles. The van der Waals surface area contributed by atoms with Crippen LogP contribution in [0.3, 0.4) is 0 Å². The largest absolute Gasteiger partial charge is 0.351 e. The maximum Gasteiger partial charge on any atom is 0.251 e. The molecule has 1 aromatic rings. The van der Waals surface area contributed by atoms with E-state index in [9.17, 15) is 13.6 Å². The number of benzene rings is 1. The first kappa shape index (κ1) is 10.2. The number of alkyl halides is 1. The molecule has 1 saturated carbocycles. The highest BCUT2D eigenvalue weighted by Crippen LogP contribution is 2.54. The monoisotopic (exact) mass is 287 g/mol. The molecule has 0 radical (unpaired) electrons. The van der Waals surface area contributed by atoms with Crippen LogP contribution in [0.5, 0.6) is 0 Å². The summed E-state index contributed by atoms with van der Waals surface area (Å²) in [7, 11) is 0. The summed E-state index contributed by atoms with van der Waals surface area (Å²) in [5, 5.41) is 2.61. The van der Waals surface area contributed by atoms with Gasteiger partial charge in [-0.15, -0.1) is 0 Å². The Labute approximate surface area is 99.2 Å². The average Bonchev–Trinajstić information content (AvgIpc) is 2.89. The van der Waals surface area contributed by atoms with Crippen molar-refractivity contribution in [3.8, 4) is 0 Å². The Morgan fingerprint density at radius 1 is 1.50 bits per heavy atom. The van der Waals surface area contributed by atoms with Crippen molar-refractivity contribution in [1.29, 1.82) is 0 Å². The molecule has 1 amide bonds. The summed E-state index contributed by atoms with van der Waals surface area (Å²) < 4.78 is 27.7. The zero-order valence-corrected chi connectivity index (χ0v) is 9.77. The van der Waals surface area contributed by atoms with Crippen LogP contribution < -0.4 is 5.32 Å². The molecule has 1 aliphatic carbocycles. The van der Waals surface area contributed by atoms with Crippen molar-refractivity contribution in [3.63, 3.8) is 0 Å². The molecule has 3 rings (SSSR count). The van der Waals surface area contributed by atoms with E-state index in [1.807, 2.05) is 0 Å². The topological polar surface area (TPSA) is 29.1 Å². The van der Waals surface area contributed by atoms with Gasteiger partial charge in [0.2, 0.25) is 0 Å². The summed E-state index contributed by atoms with van der Waals surface area (Å²) in [6.07, 6.45) is -0.774. The first-order chi connectivity index (χ1) is 7.56. The average molecular weight is 288 g/mol. The standard InChI is InChI=1S/C11H8BrF2NO/c12-6-2-1-5-8(9(6)14)11(3-7(11)13)4-15-10(5)16/h1-2,7H,3-4H2,(H,15,16)/t7?,11-/m1/s1. The number of amides is 1. The molecule has 1 fully saturated rings. The van der Waals surface area contributed by atoms with Gasteiger partial charge in [-0.05, 0) is 34.5 Å². The van der Waals surface area contributed by atoms with Crippen molar-refractivity contribution in [2.45, 2.75) is 18.0 Å². The van der Waals surface area contributed by atoms with Crippen molar-refractivity contribution in [2.24, 2.45) is 0 Å². The molecule has 5 heteroatoms. The van der Waals surface area contributed by atoms with Crippen LogP contribution in [0.25, 0.3) is 0 Å². The van der Waals surface area contributed by atoms with Gasteiger partial charge in [-0.1, -0.05) is 0 Å². The Hall–Kier alpha value is -0.970. The van der Waals surface area contributed by atoms with Gasteiger partial charge in [0.1, 0.15) is 12.0 Å². The lowest BCUT2D eigenvalue weighted by atomic mass is 9.87. The Balaban J connectivity index is 2.27. The molecule has 1 N–H and O–H groups in total. The zero-order valence-electron chi connectivity index (χ0n) is 8.19. The first-order valence-corrected chi connectivity index (χ1v) is 5.76. The van der Waals surface area contributed by atoms with Gasteiger partial charge in [0, 0.05) is 17.7 Å². The Morgan fingerprint density at radius 2 is 2.19 bits per heavy atom. The number of nitrogens with one attached hydrogen (secondary N) is 1. The van der Waals surface area contributed by atoms with Crippen molar-refractivity contribution >= 4 is 21.8 Å². The number of hydrogen-bond donors (Lipinski definition) is 1. The van der Waals surface area contributed by atoms with E-state index in [0.717, 1.165) is 0 Å². The SMILES string of the molecule is O=C1NC[C@@]2(CC2F)c2c1ccc(Br)c2F. The molecule has 1 unspecified atom stereocenters. The maximum absolute atomic E-state index is 14.0. The highest BCUT2D eigenvalue weighted by atomic mass is 79.9. The second-order valence-corrected chi connectivity index (χ2v) is 5.15. The van der Waals surface area contributed by atoms with E-state index < -0.39 is 17.4 Å². The minimum absolute atomic E-state index is 0.188. The number of hydrogen-bond acceptors (Lipinski definition) is 1. The maximum atomic E-state index is 14.0. The second-order valence-electron chi connectivity index (χ2n) is 4.29. The van der Waals surface area contributed by atoms with Crippen LogP contribution in [0, 0.1) is 5.82 Å². The van der Waals surface area contributed by atoms with Gasteiger partial charge in [-0.25, -0.2) is 8.78 Å². The molecule has 1 aromatic carbocycles. The van der Waals surface area contributed by atoms with E-state index >= 15 is 0 Å². The lowest BCUT2D eigenvalue weighted by Crippen LogP contribution is -2.41. The van der Waals surface area contributed by atoms with Gasteiger partial charge in [-0.2, -0.15) is 0 Å². The van der Waals surface area contributed by atoms with E-state index in [-0.39, 0.29) is 34.5 Å². The summed E-state index contributed by atoms with van der Waals surface area (Å²) in [6.45, 7) is 0.188. The summed E-state index contributed by atoms with van der Waals surface area (Å²) in [6, 6.07) is 3.01. The molecule has 2 atom stereocenters. The van der Waals surface area contributed by atoms with Crippen LogP contribution in [-0.4, -0.2) is 18.6 Å². The Kier molecular flexibility index (Phi) is 1.93. The minimum atomic E-state index is -1.06. The fourth-order valence-corrected chi connectivity index (χ4v) is 2.68. The molecular formula is C11H8BrF2NO. The van der Waals surface area contributed by atoms with Crippen LogP contribution in [0.1, 0.15) is 22.3 Å². The quantitative estimate of drug-likeness (QED) is 0.780. The summed E-state index contributed by atoms with van der Waals surface area (Å²) in [5.74, 6) is -0.835. The Bertz CT molecular complexity index is 505. The molecule has 1 heterocycles. The predicted molar refractivity (Wildman–Crippen MR) is 57.6 cm³/mol. The van der Waals surface area contributed by atoms with Gasteiger partial charge in [0.05, 0.1) is 9.89 Å². The van der Waals surface area contributed by atoms with Crippen LogP contribution >= 0.6 is 15.9 Å². The van der Waals surface area contributed by atoms with Crippen molar-refractivity contribution in [2.75, 3.05) is 6.54 Å². The fourth-order valence-electron chi connectivity index (χ4n) is 2.35. The summed E-state index contributed by atoms with van der Waals surface area (Å²) in [5.41, 5.74) is -0.331. The van der Waals surface area contributed by atoms with Gasteiger partial charge in [-0.3, -0.25) is 4.79 Å². The van der Waals surface area contributed by atoms with Crippen LogP contribution in [0.15, 0.2) is 16.6 Å². The zero-order chi connectivity index (χ0) is 11.5. The van der Waals surface area contributed by atoms with Crippen molar-refractivity contribution < 1.29 is 13.6 Å². The number of halogens is 3. The molecule has 0 aromatic heterocycles. The van der Waals surface area contributed by atoms with E-state index in [2.05, 4.69) is 21.2 Å². The normalized spacial score (nSPS) is 31.2. The van der Waals surface area contributed by atoms with E-state index in [4.69, 9.17) is 0 Å². The third-order valence-corrected chi connectivity index (χ3v) is 4.00. The lowest BCUT2D eigenvalue weighted by Gasteiger charge is -2.26. The number of fused-ring (bicyclic) bond motifs is 2. The van der Waals surface area contributed by atoms with Gasteiger partial charge >= 0.3 is 0 Å². The molecule has 1 spiro atoms. The van der Waals surface area contributed by atoms with Crippen LogP contribution in [-0.2, 0) is 5.41 Å². The number of carbonyl (C=O) groups excluding carboxylic acids is 1. The van der Waals surface area contributed by atoms with Crippen molar-refractivity contribution in [1.82, 2.24) is 5.32 Å². The van der Waals surface area contributed by atoms with Gasteiger partial charge in [0.15, 0.2) is 0 Å². The van der Waals surface area contributed by atoms with Gasteiger partial charge < -0.3 is 5.32 Å². The number of carbonyl (C=O) groups is 1. The fraction of sp³-hybridized carbons (Fsp3) is 0.364. The first-order valence-electron chi connectivity index (χ1n) is 4.97. The molecule has 84 valence electrons. The van der Waals surface area contributed by atoms with E-state index in [1.54, 1.807) is 0 Å². The van der Waals surface area contributed by atoms with E-state index in [1.165, 1.54) is 12.1 Å². The predicted octanol–water partition coefficient (Wildman–Crippen LogP) is 2.31. The van der Waals surface area contributed by atoms with E-state index in [0.29, 0.717) is 0 Å². The highest BCUT2D eigenvalue weighted by molar-refractivity contribution is 9.10. The molecule has 1 aliphatic heterocycles. The summed E-state index contributed by atoms with van der Waals surface area (Å²) in [4.78, 5) is 11.6. The third-order valence-electron chi connectivity index (χ3n) is 3.38. The smallest absolute Gasteiger partial charge is 0.251 e. The molecule has 0 bridgehead atoms. The van der Waals surface area contributed by atoms with Crippen LogP contribution in [0.4, 0.5) is 8.78 Å².